The minimum Gasteiger partial charge on any atom is -0.323 e. The molecule has 1 aliphatic rings. The van der Waals surface area contributed by atoms with Crippen LogP contribution in [0.2, 0.25) is 0 Å². The third-order valence-electron chi connectivity index (χ3n) is 5.50. The smallest absolute Gasteiger partial charge is 0.320 e. The zero-order valence-electron chi connectivity index (χ0n) is 16.2. The normalized spacial score (nSPS) is 21.6. The fourth-order valence-electron chi connectivity index (χ4n) is 3.94. The lowest BCUT2D eigenvalue weighted by Gasteiger charge is -2.33. The van der Waals surface area contributed by atoms with Crippen LogP contribution in [-0.2, 0) is 0 Å². The van der Waals surface area contributed by atoms with Gasteiger partial charge in [-0.2, -0.15) is 0 Å². The predicted molar refractivity (Wildman–Crippen MR) is 106 cm³/mol. The fourth-order valence-corrected chi connectivity index (χ4v) is 3.94. The number of unbranched alkanes of at least 4 members (excludes halogenated alkanes) is 4. The van der Waals surface area contributed by atoms with Gasteiger partial charge in [0.2, 0.25) is 0 Å². The van der Waals surface area contributed by atoms with Gasteiger partial charge in [-0.3, -0.25) is 0 Å². The first-order valence-corrected chi connectivity index (χ1v) is 9.82. The molecule has 1 aromatic rings. The molecule has 0 spiro atoms. The van der Waals surface area contributed by atoms with Crippen LogP contribution in [0.1, 0.15) is 70.4 Å². The molecule has 0 bridgehead atoms. The van der Waals surface area contributed by atoms with E-state index in [1.54, 1.807) is 0 Å². The third-order valence-corrected chi connectivity index (χ3v) is 5.50. The predicted octanol–water partition coefficient (Wildman–Crippen LogP) is 5.79. The second-order valence-corrected chi connectivity index (χ2v) is 7.28. The van der Waals surface area contributed by atoms with Crippen molar-refractivity contribution in [3.63, 3.8) is 0 Å². The van der Waals surface area contributed by atoms with Crippen LogP contribution in [0.4, 0.5) is 4.79 Å². The Hall–Kier alpha value is -1.77. The molecule has 1 heterocycles. The molecular weight excluding hydrogens is 308 g/mol. The Kier molecular flexibility index (Phi) is 7.54. The van der Waals surface area contributed by atoms with Gasteiger partial charge in [0.05, 0.1) is 12.1 Å². The van der Waals surface area contributed by atoms with Crippen LogP contribution >= 0.6 is 0 Å². The van der Waals surface area contributed by atoms with Crippen LogP contribution in [0.15, 0.2) is 43.0 Å². The van der Waals surface area contributed by atoms with E-state index in [4.69, 9.17) is 0 Å². The van der Waals surface area contributed by atoms with E-state index >= 15 is 0 Å². The first-order valence-electron chi connectivity index (χ1n) is 9.82. The molecule has 138 valence electrons. The molecule has 25 heavy (non-hydrogen) atoms. The number of likely N-dealkylation sites (N-methyl/N-ethyl adjacent to an activating group) is 1. The van der Waals surface area contributed by atoms with Crippen LogP contribution in [0.3, 0.4) is 0 Å². The van der Waals surface area contributed by atoms with Crippen molar-refractivity contribution in [1.82, 2.24) is 9.80 Å². The van der Waals surface area contributed by atoms with Crippen LogP contribution in [0.25, 0.3) is 0 Å². The van der Waals surface area contributed by atoms with E-state index in [0.717, 1.165) is 12.8 Å². The number of urea groups is 1. The highest BCUT2D eigenvalue weighted by Crippen LogP contribution is 2.37. The van der Waals surface area contributed by atoms with Gasteiger partial charge in [0.15, 0.2) is 0 Å². The largest absolute Gasteiger partial charge is 0.323 e. The first-order chi connectivity index (χ1) is 12.1. The molecule has 0 unspecified atom stereocenters. The van der Waals surface area contributed by atoms with E-state index in [2.05, 4.69) is 49.6 Å². The summed E-state index contributed by atoms with van der Waals surface area (Å²) in [6.45, 7) is 8.33. The molecular formula is C22H34N2O. The number of carbonyl (C=O) groups is 1. The molecule has 2 amide bonds. The number of hydrogen-bond donors (Lipinski definition) is 0. The number of amides is 2. The summed E-state index contributed by atoms with van der Waals surface area (Å²) in [5.41, 5.74) is 1.23. The van der Waals surface area contributed by atoms with Gasteiger partial charge >= 0.3 is 6.03 Å². The van der Waals surface area contributed by atoms with Gasteiger partial charge in [0.25, 0.3) is 0 Å². The van der Waals surface area contributed by atoms with E-state index in [9.17, 15) is 4.79 Å². The average Bonchev–Trinajstić information content (AvgIpc) is 2.85. The van der Waals surface area contributed by atoms with Crippen LogP contribution < -0.4 is 0 Å². The molecule has 3 nitrogen and oxygen atoms in total. The van der Waals surface area contributed by atoms with Crippen molar-refractivity contribution in [3.8, 4) is 0 Å². The Morgan fingerprint density at radius 1 is 1.16 bits per heavy atom. The number of hydrogen-bond acceptors (Lipinski definition) is 1. The zero-order valence-corrected chi connectivity index (χ0v) is 16.2. The molecule has 1 saturated heterocycles. The van der Waals surface area contributed by atoms with Crippen molar-refractivity contribution in [2.75, 3.05) is 7.05 Å². The molecule has 0 saturated carbocycles. The summed E-state index contributed by atoms with van der Waals surface area (Å²) in [5.74, 6) is 0. The summed E-state index contributed by atoms with van der Waals surface area (Å²) < 4.78 is 0. The summed E-state index contributed by atoms with van der Waals surface area (Å²) in [5, 5.41) is 0. The van der Waals surface area contributed by atoms with Gasteiger partial charge < -0.3 is 9.80 Å². The van der Waals surface area contributed by atoms with E-state index < -0.39 is 0 Å². The maximum absolute atomic E-state index is 13.0. The minimum absolute atomic E-state index is 0.124. The molecule has 3 heteroatoms. The van der Waals surface area contributed by atoms with Gasteiger partial charge in [0.1, 0.15) is 0 Å². The van der Waals surface area contributed by atoms with E-state index in [-0.39, 0.29) is 24.2 Å². The maximum atomic E-state index is 13.0. The topological polar surface area (TPSA) is 23.6 Å². The molecule has 2 rings (SSSR count). The molecule has 1 aliphatic heterocycles. The summed E-state index contributed by atoms with van der Waals surface area (Å²) in [7, 11) is 1.93. The summed E-state index contributed by atoms with van der Waals surface area (Å²) >= 11 is 0. The molecule has 0 N–H and O–H groups in total. The minimum atomic E-state index is 0.124. The van der Waals surface area contributed by atoms with Gasteiger partial charge in [-0.1, -0.05) is 75.4 Å². The van der Waals surface area contributed by atoms with Crippen molar-refractivity contribution >= 4 is 6.03 Å². The van der Waals surface area contributed by atoms with Crippen molar-refractivity contribution in [3.05, 3.63) is 48.6 Å². The van der Waals surface area contributed by atoms with Gasteiger partial charge in [-0.15, -0.1) is 6.58 Å². The Bertz CT molecular complexity index is 542. The quantitative estimate of drug-likeness (QED) is 0.390. The van der Waals surface area contributed by atoms with Crippen molar-refractivity contribution < 1.29 is 4.79 Å². The average molecular weight is 343 g/mol. The Morgan fingerprint density at radius 3 is 2.48 bits per heavy atom. The second kappa shape index (κ2) is 9.65. The maximum Gasteiger partial charge on any atom is 0.320 e. The summed E-state index contributed by atoms with van der Waals surface area (Å²) in [6, 6.07) is 11.2. The van der Waals surface area contributed by atoms with Crippen LogP contribution in [-0.4, -0.2) is 35.0 Å². The monoisotopic (exact) mass is 342 g/mol. The van der Waals surface area contributed by atoms with Crippen molar-refractivity contribution in [2.24, 2.45) is 0 Å². The second-order valence-electron chi connectivity index (χ2n) is 7.28. The lowest BCUT2D eigenvalue weighted by Crippen LogP contribution is -2.39. The highest BCUT2D eigenvalue weighted by atomic mass is 16.2. The summed E-state index contributed by atoms with van der Waals surface area (Å²) in [6.07, 6.45) is 10.2. The number of benzene rings is 1. The lowest BCUT2D eigenvalue weighted by atomic mass is 9.96. The van der Waals surface area contributed by atoms with Gasteiger partial charge in [0, 0.05) is 13.1 Å². The molecule has 0 aliphatic carbocycles. The lowest BCUT2D eigenvalue weighted by molar-refractivity contribution is 0.161. The van der Waals surface area contributed by atoms with E-state index in [1.165, 1.54) is 37.7 Å². The Labute approximate surface area is 153 Å². The zero-order chi connectivity index (χ0) is 18.2. The summed E-state index contributed by atoms with van der Waals surface area (Å²) in [4.78, 5) is 17.0. The van der Waals surface area contributed by atoms with E-state index in [0.29, 0.717) is 0 Å². The number of rotatable bonds is 10. The van der Waals surface area contributed by atoms with E-state index in [1.807, 2.05) is 24.1 Å². The molecule has 0 radical (unpaired) electrons. The Morgan fingerprint density at radius 2 is 1.84 bits per heavy atom. The third kappa shape index (κ3) is 4.65. The molecule has 3 atom stereocenters. The van der Waals surface area contributed by atoms with Crippen molar-refractivity contribution in [1.29, 1.82) is 0 Å². The molecule has 1 aromatic carbocycles. The standard InChI is InChI=1S/C22H34N2O/c1-5-7-8-9-13-17-20(14-6-2)24-21(18(3)23(4)22(24)25)19-15-11-10-12-16-19/h6,10-12,15-16,18,20-21H,2,5,7-9,13-14,17H2,1,3-4H3/t18-,20+,21-/m0/s1. The van der Waals surface area contributed by atoms with Gasteiger partial charge in [-0.05, 0) is 25.3 Å². The number of carbonyl (C=O) groups excluding carboxylic acids is 1. The number of nitrogens with zero attached hydrogens (tertiary/aromatic N) is 2. The Balaban J connectivity index is 2.16. The molecule has 1 fully saturated rings. The highest BCUT2D eigenvalue weighted by Gasteiger charge is 2.44. The SMILES string of the molecule is C=CC[C@H](CCCCCCC)N1C(=O)N(C)[C@@H](C)[C@H]1c1ccccc1. The molecule has 0 aromatic heterocycles. The van der Waals surface area contributed by atoms with Crippen LogP contribution in [0, 0.1) is 0 Å². The van der Waals surface area contributed by atoms with Crippen LogP contribution in [0.5, 0.6) is 0 Å². The van der Waals surface area contributed by atoms with Crippen molar-refractivity contribution in [2.45, 2.75) is 76.9 Å². The fraction of sp³-hybridized carbons (Fsp3) is 0.591. The highest BCUT2D eigenvalue weighted by molar-refractivity contribution is 5.78. The van der Waals surface area contributed by atoms with Gasteiger partial charge in [-0.25, -0.2) is 4.79 Å². The first kappa shape index (κ1) is 19.6.